The summed E-state index contributed by atoms with van der Waals surface area (Å²) in [6.07, 6.45) is 1.23. The van der Waals surface area contributed by atoms with Crippen LogP contribution in [0.1, 0.15) is 12.8 Å². The van der Waals surface area contributed by atoms with Gasteiger partial charge in [-0.2, -0.15) is 12.6 Å². The molecule has 10 heavy (non-hydrogen) atoms. The molecule has 0 unspecified atom stereocenters. The van der Waals surface area contributed by atoms with E-state index in [2.05, 4.69) is 17.9 Å². The zero-order valence-electron chi connectivity index (χ0n) is 5.63. The molecule has 0 saturated carbocycles. The predicted octanol–water partition coefficient (Wildman–Crippen LogP) is 0.123. The normalized spacial score (nSPS) is 24.1. The zero-order chi connectivity index (χ0) is 7.61. The highest BCUT2D eigenvalue weighted by molar-refractivity contribution is 7.82. The summed E-state index contributed by atoms with van der Waals surface area (Å²) in [5, 5.41) is 11.8. The molecular weight excluding hydrogens is 150 g/mol. The van der Waals surface area contributed by atoms with Crippen LogP contribution in [0.2, 0.25) is 0 Å². The number of carboxylic acids is 1. The van der Waals surface area contributed by atoms with E-state index in [1.54, 1.807) is 0 Å². The molecule has 0 aromatic carbocycles. The SMILES string of the molecule is O=C(O)C1(S)CCNCC1. The van der Waals surface area contributed by atoms with Crippen LogP contribution in [0.15, 0.2) is 0 Å². The third-order valence-corrected chi connectivity index (χ3v) is 2.47. The lowest BCUT2D eigenvalue weighted by molar-refractivity contribution is -0.140. The number of piperidine rings is 1. The van der Waals surface area contributed by atoms with E-state index in [1.807, 2.05) is 0 Å². The van der Waals surface area contributed by atoms with Crippen LogP contribution in [0.4, 0.5) is 0 Å². The van der Waals surface area contributed by atoms with E-state index < -0.39 is 10.7 Å². The van der Waals surface area contributed by atoms with Crippen molar-refractivity contribution in [2.75, 3.05) is 13.1 Å². The molecule has 4 heteroatoms. The number of carboxylic acid groups (broad SMARTS) is 1. The molecule has 0 spiro atoms. The summed E-state index contributed by atoms with van der Waals surface area (Å²) in [5.74, 6) is -0.794. The Labute approximate surface area is 65.2 Å². The van der Waals surface area contributed by atoms with Gasteiger partial charge in [-0.3, -0.25) is 4.79 Å². The van der Waals surface area contributed by atoms with Crippen molar-refractivity contribution >= 4 is 18.6 Å². The topological polar surface area (TPSA) is 49.3 Å². The maximum Gasteiger partial charge on any atom is 0.319 e. The maximum absolute atomic E-state index is 10.6. The van der Waals surface area contributed by atoms with Gasteiger partial charge >= 0.3 is 5.97 Å². The van der Waals surface area contributed by atoms with Crippen molar-refractivity contribution in [2.24, 2.45) is 0 Å². The minimum Gasteiger partial charge on any atom is -0.480 e. The first kappa shape index (κ1) is 7.88. The van der Waals surface area contributed by atoms with Crippen LogP contribution in [0.3, 0.4) is 0 Å². The molecule has 0 bridgehead atoms. The molecule has 1 heterocycles. The Hall–Kier alpha value is -0.220. The van der Waals surface area contributed by atoms with Crippen molar-refractivity contribution in [3.8, 4) is 0 Å². The number of hydrogen-bond acceptors (Lipinski definition) is 3. The van der Waals surface area contributed by atoms with Crippen LogP contribution in [-0.2, 0) is 4.79 Å². The minimum absolute atomic E-state index is 0.617. The lowest BCUT2D eigenvalue weighted by Gasteiger charge is -2.28. The van der Waals surface area contributed by atoms with E-state index in [-0.39, 0.29) is 0 Å². The highest BCUT2D eigenvalue weighted by Gasteiger charge is 2.35. The number of hydrogen-bond donors (Lipinski definition) is 3. The van der Waals surface area contributed by atoms with Gasteiger partial charge in [0.2, 0.25) is 0 Å². The minimum atomic E-state index is -0.794. The monoisotopic (exact) mass is 161 g/mol. The van der Waals surface area contributed by atoms with Crippen molar-refractivity contribution < 1.29 is 9.90 Å². The number of thiol groups is 1. The van der Waals surface area contributed by atoms with Crippen molar-refractivity contribution in [2.45, 2.75) is 17.6 Å². The fourth-order valence-electron chi connectivity index (χ4n) is 1.05. The number of nitrogens with one attached hydrogen (secondary N) is 1. The van der Waals surface area contributed by atoms with Gasteiger partial charge in [-0.1, -0.05) is 0 Å². The highest BCUT2D eigenvalue weighted by atomic mass is 32.1. The molecule has 0 aromatic heterocycles. The van der Waals surface area contributed by atoms with Gasteiger partial charge in [-0.15, -0.1) is 0 Å². The van der Waals surface area contributed by atoms with Crippen LogP contribution in [0, 0.1) is 0 Å². The average Bonchev–Trinajstić information content (AvgIpc) is 1.89. The Bertz CT molecular complexity index is 143. The van der Waals surface area contributed by atoms with Gasteiger partial charge in [-0.25, -0.2) is 0 Å². The summed E-state index contributed by atoms with van der Waals surface area (Å²) in [5.41, 5.74) is 0. The van der Waals surface area contributed by atoms with E-state index >= 15 is 0 Å². The van der Waals surface area contributed by atoms with Crippen LogP contribution < -0.4 is 5.32 Å². The van der Waals surface area contributed by atoms with Crippen molar-refractivity contribution in [1.82, 2.24) is 5.32 Å². The predicted molar refractivity (Wildman–Crippen MR) is 41.5 cm³/mol. The van der Waals surface area contributed by atoms with Gasteiger partial charge in [0.15, 0.2) is 0 Å². The maximum atomic E-state index is 10.6. The van der Waals surface area contributed by atoms with Gasteiger partial charge in [0, 0.05) is 0 Å². The lowest BCUT2D eigenvalue weighted by atomic mass is 9.97. The lowest BCUT2D eigenvalue weighted by Crippen LogP contribution is -2.43. The molecule has 1 rings (SSSR count). The molecule has 0 amide bonds. The average molecular weight is 161 g/mol. The molecule has 0 atom stereocenters. The smallest absolute Gasteiger partial charge is 0.319 e. The molecule has 1 aliphatic rings. The van der Waals surface area contributed by atoms with Crippen LogP contribution in [0.5, 0.6) is 0 Å². The fourth-order valence-corrected chi connectivity index (χ4v) is 1.28. The summed E-state index contributed by atoms with van der Waals surface area (Å²) in [7, 11) is 0. The molecule has 58 valence electrons. The molecule has 1 aliphatic heterocycles. The summed E-state index contributed by atoms with van der Waals surface area (Å²) in [4.78, 5) is 10.6. The molecule has 0 aromatic rings. The zero-order valence-corrected chi connectivity index (χ0v) is 6.53. The Balaban J connectivity index is 2.56. The van der Waals surface area contributed by atoms with Crippen LogP contribution >= 0.6 is 12.6 Å². The third-order valence-electron chi connectivity index (χ3n) is 1.83. The van der Waals surface area contributed by atoms with E-state index in [0.717, 1.165) is 13.1 Å². The van der Waals surface area contributed by atoms with E-state index in [0.29, 0.717) is 12.8 Å². The summed E-state index contributed by atoms with van der Waals surface area (Å²) in [6, 6.07) is 0. The second-order valence-electron chi connectivity index (χ2n) is 2.59. The van der Waals surface area contributed by atoms with Crippen LogP contribution in [0.25, 0.3) is 0 Å². The summed E-state index contributed by atoms with van der Waals surface area (Å²) in [6.45, 7) is 1.52. The molecule has 3 nitrogen and oxygen atoms in total. The Morgan fingerprint density at radius 3 is 2.30 bits per heavy atom. The van der Waals surface area contributed by atoms with E-state index in [4.69, 9.17) is 5.11 Å². The first-order valence-electron chi connectivity index (χ1n) is 3.32. The number of aliphatic carboxylic acids is 1. The second kappa shape index (κ2) is 2.80. The Morgan fingerprint density at radius 1 is 1.50 bits per heavy atom. The van der Waals surface area contributed by atoms with Gasteiger partial charge in [0.05, 0.1) is 0 Å². The number of rotatable bonds is 1. The standard InChI is InChI=1S/C6H11NO2S/c8-5(9)6(10)1-3-7-4-2-6/h7,10H,1-4H2,(H,8,9). The highest BCUT2D eigenvalue weighted by Crippen LogP contribution is 2.25. The Kier molecular flexibility index (Phi) is 2.21. The van der Waals surface area contributed by atoms with Crippen molar-refractivity contribution in [1.29, 1.82) is 0 Å². The van der Waals surface area contributed by atoms with Gasteiger partial charge in [-0.05, 0) is 25.9 Å². The Morgan fingerprint density at radius 2 is 2.00 bits per heavy atom. The van der Waals surface area contributed by atoms with E-state index in [9.17, 15) is 4.79 Å². The quantitative estimate of drug-likeness (QED) is 0.479. The van der Waals surface area contributed by atoms with Crippen LogP contribution in [-0.4, -0.2) is 28.9 Å². The molecule has 0 radical (unpaired) electrons. The van der Waals surface area contributed by atoms with Crippen molar-refractivity contribution in [3.05, 3.63) is 0 Å². The molecular formula is C6H11NO2S. The fraction of sp³-hybridized carbons (Fsp3) is 0.833. The first-order chi connectivity index (χ1) is 4.65. The van der Waals surface area contributed by atoms with E-state index in [1.165, 1.54) is 0 Å². The van der Waals surface area contributed by atoms with Gasteiger partial charge < -0.3 is 10.4 Å². The third kappa shape index (κ3) is 1.44. The van der Waals surface area contributed by atoms with Gasteiger partial charge in [0.1, 0.15) is 4.75 Å². The molecule has 1 fully saturated rings. The summed E-state index contributed by atoms with van der Waals surface area (Å²) < 4.78 is -0.773. The second-order valence-corrected chi connectivity index (χ2v) is 3.44. The number of carbonyl (C=O) groups is 1. The molecule has 2 N–H and O–H groups in total. The van der Waals surface area contributed by atoms with Gasteiger partial charge in [0.25, 0.3) is 0 Å². The molecule has 0 aliphatic carbocycles. The molecule has 1 saturated heterocycles. The summed E-state index contributed by atoms with van der Waals surface area (Å²) >= 11 is 4.11. The first-order valence-corrected chi connectivity index (χ1v) is 3.76. The van der Waals surface area contributed by atoms with Crippen molar-refractivity contribution in [3.63, 3.8) is 0 Å². The largest absolute Gasteiger partial charge is 0.480 e.